The molecule has 4 nitrogen and oxygen atoms in total. The Morgan fingerprint density at radius 3 is 2.65 bits per heavy atom. The maximum atomic E-state index is 13.0. The van der Waals surface area contributed by atoms with Gasteiger partial charge in [-0.25, -0.2) is 9.78 Å². The van der Waals surface area contributed by atoms with Crippen LogP contribution in [0.2, 0.25) is 0 Å². The molecule has 0 amide bonds. The summed E-state index contributed by atoms with van der Waals surface area (Å²) in [6, 6.07) is 0. The lowest BCUT2D eigenvalue weighted by atomic mass is 9.99. The fourth-order valence-corrected chi connectivity index (χ4v) is 3.26. The molecule has 1 N–H and O–H groups in total. The molecule has 1 aliphatic rings. The van der Waals surface area contributed by atoms with Gasteiger partial charge in [-0.2, -0.15) is 13.2 Å². The molecule has 0 aromatic carbocycles. The second-order valence-corrected chi connectivity index (χ2v) is 5.50. The van der Waals surface area contributed by atoms with Crippen molar-refractivity contribution >= 4 is 17.3 Å². The number of carbonyl (C=O) groups is 1. The molecule has 2 rings (SSSR count). The molecule has 1 aliphatic heterocycles. The van der Waals surface area contributed by atoms with Gasteiger partial charge >= 0.3 is 12.1 Å². The molecule has 0 unspecified atom stereocenters. The molecule has 0 atom stereocenters. The number of rotatable bonds is 3. The number of nitrogens with one attached hydrogen (secondary N) is 1. The van der Waals surface area contributed by atoms with Crippen LogP contribution in [0, 0.1) is 0 Å². The molecule has 0 radical (unpaired) electrons. The number of piperidine rings is 1. The van der Waals surface area contributed by atoms with E-state index in [1.54, 1.807) is 6.92 Å². The number of thiazole rings is 1. The van der Waals surface area contributed by atoms with E-state index < -0.39 is 22.7 Å². The van der Waals surface area contributed by atoms with Crippen LogP contribution in [0.1, 0.15) is 46.1 Å². The second-order valence-electron chi connectivity index (χ2n) is 4.47. The van der Waals surface area contributed by atoms with Gasteiger partial charge in [-0.1, -0.05) is 0 Å². The normalized spacial score (nSPS) is 17.2. The van der Waals surface area contributed by atoms with E-state index >= 15 is 0 Å². The third-order valence-electron chi connectivity index (χ3n) is 3.06. The lowest BCUT2D eigenvalue weighted by Gasteiger charge is -2.20. The number of alkyl halides is 3. The third-order valence-corrected chi connectivity index (χ3v) is 4.26. The van der Waals surface area contributed by atoms with Crippen LogP contribution in [-0.2, 0) is 10.9 Å². The fourth-order valence-electron chi connectivity index (χ4n) is 2.11. The fraction of sp³-hybridized carbons (Fsp3) is 0.667. The summed E-state index contributed by atoms with van der Waals surface area (Å²) in [6.45, 7) is 3.09. The molecule has 1 aromatic heterocycles. The van der Waals surface area contributed by atoms with Crippen LogP contribution in [-0.4, -0.2) is 30.6 Å². The summed E-state index contributed by atoms with van der Waals surface area (Å²) in [6.07, 6.45) is -3.18. The highest BCUT2D eigenvalue weighted by Gasteiger charge is 2.41. The molecule has 20 heavy (non-hydrogen) atoms. The lowest BCUT2D eigenvalue weighted by molar-refractivity contribution is -0.141. The van der Waals surface area contributed by atoms with Crippen LogP contribution in [0.25, 0.3) is 0 Å². The summed E-state index contributed by atoms with van der Waals surface area (Å²) < 4.78 is 43.5. The standard InChI is InChI=1S/C12H15F3N2O2S/c1-2-19-11(18)8-9(12(13,14)15)17-10(20-8)7-3-5-16-6-4-7/h7,16H,2-6H2,1H3. The van der Waals surface area contributed by atoms with Gasteiger partial charge in [-0.3, -0.25) is 0 Å². The first-order valence-electron chi connectivity index (χ1n) is 6.39. The number of aromatic nitrogens is 1. The Morgan fingerprint density at radius 2 is 2.10 bits per heavy atom. The van der Waals surface area contributed by atoms with Gasteiger partial charge in [0.05, 0.1) is 11.6 Å². The topological polar surface area (TPSA) is 51.2 Å². The van der Waals surface area contributed by atoms with E-state index in [1.807, 2.05) is 0 Å². The molecular weight excluding hydrogens is 293 g/mol. The Bertz CT molecular complexity index is 482. The van der Waals surface area contributed by atoms with Gasteiger partial charge < -0.3 is 10.1 Å². The molecule has 0 spiro atoms. The van der Waals surface area contributed by atoms with Crippen molar-refractivity contribution in [3.63, 3.8) is 0 Å². The first-order chi connectivity index (χ1) is 9.43. The molecule has 1 saturated heterocycles. The van der Waals surface area contributed by atoms with Crippen LogP contribution < -0.4 is 5.32 Å². The van der Waals surface area contributed by atoms with Crippen molar-refractivity contribution in [3.8, 4) is 0 Å². The number of hydrogen-bond acceptors (Lipinski definition) is 5. The van der Waals surface area contributed by atoms with Gasteiger partial charge in [0, 0.05) is 5.92 Å². The maximum Gasteiger partial charge on any atom is 0.435 e. The van der Waals surface area contributed by atoms with Crippen molar-refractivity contribution in [2.75, 3.05) is 19.7 Å². The molecular formula is C12H15F3N2O2S. The average Bonchev–Trinajstić information content (AvgIpc) is 2.85. The molecule has 0 saturated carbocycles. The van der Waals surface area contributed by atoms with Crippen LogP contribution >= 0.6 is 11.3 Å². The van der Waals surface area contributed by atoms with Gasteiger partial charge in [-0.15, -0.1) is 11.3 Å². The molecule has 1 aromatic rings. The zero-order valence-electron chi connectivity index (χ0n) is 10.9. The van der Waals surface area contributed by atoms with Crippen molar-refractivity contribution in [3.05, 3.63) is 15.6 Å². The minimum absolute atomic E-state index is 0.0227. The Kier molecular flexibility index (Phi) is 4.64. The van der Waals surface area contributed by atoms with Gasteiger partial charge in [0.1, 0.15) is 4.88 Å². The summed E-state index contributed by atoms with van der Waals surface area (Å²) in [5.41, 5.74) is -1.12. The maximum absolute atomic E-state index is 13.0. The van der Waals surface area contributed by atoms with Crippen molar-refractivity contribution in [1.29, 1.82) is 0 Å². The van der Waals surface area contributed by atoms with Gasteiger partial charge in [0.25, 0.3) is 0 Å². The van der Waals surface area contributed by atoms with Crippen molar-refractivity contribution in [1.82, 2.24) is 10.3 Å². The Labute approximate surface area is 118 Å². The highest BCUT2D eigenvalue weighted by molar-refractivity contribution is 7.13. The molecule has 112 valence electrons. The Balaban J connectivity index is 2.33. The average molecular weight is 308 g/mol. The van der Waals surface area contributed by atoms with Crippen LogP contribution in [0.15, 0.2) is 0 Å². The van der Waals surface area contributed by atoms with Gasteiger partial charge in [-0.05, 0) is 32.9 Å². The van der Waals surface area contributed by atoms with E-state index in [9.17, 15) is 18.0 Å². The summed E-state index contributed by atoms with van der Waals surface area (Å²) >= 11 is 0.808. The number of hydrogen-bond donors (Lipinski definition) is 1. The number of carbonyl (C=O) groups excluding carboxylic acids is 1. The zero-order chi connectivity index (χ0) is 14.8. The van der Waals surface area contributed by atoms with E-state index in [-0.39, 0.29) is 12.5 Å². The zero-order valence-corrected chi connectivity index (χ0v) is 11.7. The number of esters is 1. The predicted octanol–water partition coefficient (Wildman–Crippen LogP) is 2.81. The summed E-state index contributed by atoms with van der Waals surface area (Å²) in [5.74, 6) is -0.969. The Hall–Kier alpha value is -1.15. The molecule has 2 heterocycles. The monoisotopic (exact) mass is 308 g/mol. The van der Waals surface area contributed by atoms with Crippen molar-refractivity contribution < 1.29 is 22.7 Å². The quantitative estimate of drug-likeness (QED) is 0.872. The molecule has 8 heteroatoms. The van der Waals surface area contributed by atoms with Crippen LogP contribution in [0.3, 0.4) is 0 Å². The minimum Gasteiger partial charge on any atom is -0.462 e. The van der Waals surface area contributed by atoms with Gasteiger partial charge in [0.2, 0.25) is 0 Å². The summed E-state index contributed by atoms with van der Waals surface area (Å²) in [5, 5.41) is 3.52. The van der Waals surface area contributed by atoms with E-state index in [4.69, 9.17) is 0 Å². The predicted molar refractivity (Wildman–Crippen MR) is 67.9 cm³/mol. The summed E-state index contributed by atoms with van der Waals surface area (Å²) in [7, 11) is 0. The largest absolute Gasteiger partial charge is 0.462 e. The van der Waals surface area contributed by atoms with E-state index in [0.717, 1.165) is 37.3 Å². The minimum atomic E-state index is -4.64. The molecule has 1 fully saturated rings. The second kappa shape index (κ2) is 6.09. The molecule has 0 aliphatic carbocycles. The smallest absolute Gasteiger partial charge is 0.435 e. The number of nitrogens with zero attached hydrogens (tertiary/aromatic N) is 1. The van der Waals surface area contributed by atoms with E-state index in [0.29, 0.717) is 5.01 Å². The summed E-state index contributed by atoms with van der Waals surface area (Å²) in [4.78, 5) is 14.9. The van der Waals surface area contributed by atoms with Crippen LogP contribution in [0.5, 0.6) is 0 Å². The SMILES string of the molecule is CCOC(=O)c1sc(C2CCNCC2)nc1C(F)(F)F. The third kappa shape index (κ3) is 3.29. The highest BCUT2D eigenvalue weighted by Crippen LogP contribution is 2.38. The number of halogens is 3. The van der Waals surface area contributed by atoms with E-state index in [2.05, 4.69) is 15.0 Å². The lowest BCUT2D eigenvalue weighted by Crippen LogP contribution is -2.26. The van der Waals surface area contributed by atoms with Crippen molar-refractivity contribution in [2.45, 2.75) is 31.9 Å². The van der Waals surface area contributed by atoms with Crippen molar-refractivity contribution in [2.24, 2.45) is 0 Å². The first-order valence-corrected chi connectivity index (χ1v) is 7.21. The van der Waals surface area contributed by atoms with Crippen LogP contribution in [0.4, 0.5) is 13.2 Å². The first kappa shape index (κ1) is 15.2. The Morgan fingerprint density at radius 1 is 1.45 bits per heavy atom. The van der Waals surface area contributed by atoms with E-state index in [1.165, 1.54) is 0 Å². The number of ether oxygens (including phenoxy) is 1. The highest BCUT2D eigenvalue weighted by atomic mass is 32.1. The van der Waals surface area contributed by atoms with Gasteiger partial charge in [0.15, 0.2) is 5.69 Å². The molecule has 0 bridgehead atoms.